The molecule has 0 radical (unpaired) electrons. The SMILES string of the molecule is COc1ccnc(-n2c3[c-]c(Oc4[c-]c(-n5nc(C)c(-c6ccccc6)c5C)ccc4)ccc3c3cc(CCC(C)C)ccc32)c1.[Pt+2]. The van der Waals surface area contributed by atoms with Crippen LogP contribution < -0.4 is 9.47 Å². The fourth-order valence-electron chi connectivity index (χ4n) is 6.17. The molecule has 0 aliphatic carbocycles. The fraction of sp³-hybridized carbons (Fsp3) is 0.200. The summed E-state index contributed by atoms with van der Waals surface area (Å²) in [6.07, 6.45) is 3.95. The minimum Gasteiger partial charge on any atom is -0.509 e. The number of nitrogens with zero attached hydrogens (tertiary/aromatic N) is 4. The van der Waals surface area contributed by atoms with E-state index in [1.165, 1.54) is 5.56 Å². The molecule has 0 saturated heterocycles. The molecule has 0 bridgehead atoms. The van der Waals surface area contributed by atoms with Crippen LogP contribution >= 0.6 is 0 Å². The average molecular weight is 800 g/mol. The van der Waals surface area contributed by atoms with Crippen LogP contribution in [0.2, 0.25) is 0 Å². The van der Waals surface area contributed by atoms with Crippen molar-refractivity contribution in [2.75, 3.05) is 7.11 Å². The molecule has 0 spiro atoms. The van der Waals surface area contributed by atoms with Crippen molar-refractivity contribution in [2.45, 2.75) is 40.5 Å². The Hall–Kier alpha value is -4.67. The summed E-state index contributed by atoms with van der Waals surface area (Å²) in [5.41, 5.74) is 8.37. The van der Waals surface area contributed by atoms with Gasteiger partial charge in [0.2, 0.25) is 0 Å². The van der Waals surface area contributed by atoms with E-state index in [2.05, 4.69) is 86.0 Å². The van der Waals surface area contributed by atoms with Crippen molar-refractivity contribution in [3.05, 3.63) is 126 Å². The number of hydrogen-bond acceptors (Lipinski definition) is 4. The summed E-state index contributed by atoms with van der Waals surface area (Å²) in [5, 5.41) is 7.11. The molecule has 0 atom stereocenters. The van der Waals surface area contributed by atoms with Crippen LogP contribution in [0.3, 0.4) is 0 Å². The van der Waals surface area contributed by atoms with Gasteiger partial charge in [0, 0.05) is 40.5 Å². The molecule has 0 fully saturated rings. The van der Waals surface area contributed by atoms with Crippen molar-refractivity contribution in [3.63, 3.8) is 0 Å². The zero-order valence-electron chi connectivity index (χ0n) is 27.2. The van der Waals surface area contributed by atoms with Gasteiger partial charge in [0.05, 0.1) is 12.8 Å². The second kappa shape index (κ2) is 13.6. The Morgan fingerprint density at radius 1 is 0.830 bits per heavy atom. The van der Waals surface area contributed by atoms with Gasteiger partial charge in [-0.3, -0.25) is 4.68 Å². The summed E-state index contributed by atoms with van der Waals surface area (Å²) in [7, 11) is 1.67. The van der Waals surface area contributed by atoms with Crippen LogP contribution in [0.4, 0.5) is 0 Å². The Labute approximate surface area is 290 Å². The maximum absolute atomic E-state index is 6.42. The van der Waals surface area contributed by atoms with E-state index in [1.807, 2.05) is 54.1 Å². The summed E-state index contributed by atoms with van der Waals surface area (Å²) < 4.78 is 16.0. The van der Waals surface area contributed by atoms with Crippen LogP contribution in [0.5, 0.6) is 17.2 Å². The van der Waals surface area contributed by atoms with E-state index in [4.69, 9.17) is 19.6 Å². The maximum Gasteiger partial charge on any atom is 2.00 e. The van der Waals surface area contributed by atoms with Gasteiger partial charge in [-0.15, -0.1) is 35.7 Å². The first-order chi connectivity index (χ1) is 22.4. The van der Waals surface area contributed by atoms with E-state index in [0.717, 1.165) is 74.4 Å². The van der Waals surface area contributed by atoms with Gasteiger partial charge in [0.25, 0.3) is 0 Å². The third-order valence-electron chi connectivity index (χ3n) is 8.46. The monoisotopic (exact) mass is 799 g/mol. The molecule has 4 aromatic carbocycles. The van der Waals surface area contributed by atoms with E-state index < -0.39 is 0 Å². The minimum absolute atomic E-state index is 0. The fourth-order valence-corrected chi connectivity index (χ4v) is 6.17. The molecule has 0 saturated carbocycles. The Bertz CT molecular complexity index is 2180. The van der Waals surface area contributed by atoms with Gasteiger partial charge in [-0.1, -0.05) is 61.8 Å². The van der Waals surface area contributed by atoms with Crippen molar-refractivity contribution in [3.8, 4) is 39.9 Å². The van der Waals surface area contributed by atoms with Crippen LogP contribution in [-0.2, 0) is 27.5 Å². The number of benzene rings is 4. The second-order valence-corrected chi connectivity index (χ2v) is 12.1. The summed E-state index contributed by atoms with van der Waals surface area (Å²) in [6, 6.07) is 37.8. The Morgan fingerprint density at radius 3 is 2.43 bits per heavy atom. The van der Waals surface area contributed by atoms with Gasteiger partial charge in [0.1, 0.15) is 11.6 Å². The Kier molecular flexibility index (Phi) is 9.33. The molecular formula is C40H36N4O2Pt. The number of methoxy groups -OCH3 is 1. The topological polar surface area (TPSA) is 54.1 Å². The standard InChI is InChI=1S/C40H36N4O2.Pt/c1-26(2)14-15-29-16-19-37-36(22-29)35-18-17-34(24-38(35)43(37)39-25-32(45-5)20-21-41-39)46-33-13-9-12-31(23-33)44-28(4)40(27(3)42-44)30-10-7-6-8-11-30;/h6-13,16-22,25-26H,14-15H2,1-5H3;/q-2;+2. The van der Waals surface area contributed by atoms with Crippen LogP contribution in [0.25, 0.3) is 44.4 Å². The largest absolute Gasteiger partial charge is 2.00 e. The van der Waals surface area contributed by atoms with Gasteiger partial charge in [-0.05, 0) is 66.9 Å². The molecule has 7 aromatic rings. The molecule has 0 N–H and O–H groups in total. The molecule has 238 valence electrons. The number of rotatable bonds is 9. The zero-order valence-corrected chi connectivity index (χ0v) is 29.4. The Balaban J connectivity index is 0.00000386. The molecule has 6 nitrogen and oxygen atoms in total. The van der Waals surface area contributed by atoms with Gasteiger partial charge in [-0.25, -0.2) is 4.98 Å². The van der Waals surface area contributed by atoms with Gasteiger partial charge in [0.15, 0.2) is 0 Å². The first kappa shape index (κ1) is 32.3. The first-order valence-electron chi connectivity index (χ1n) is 15.7. The molecule has 7 heteroatoms. The summed E-state index contributed by atoms with van der Waals surface area (Å²) in [4.78, 5) is 4.72. The van der Waals surface area contributed by atoms with Crippen LogP contribution in [0.15, 0.2) is 97.2 Å². The Morgan fingerprint density at radius 2 is 1.64 bits per heavy atom. The maximum atomic E-state index is 6.42. The van der Waals surface area contributed by atoms with E-state index >= 15 is 0 Å². The molecule has 0 aliphatic rings. The molecular weight excluding hydrogens is 764 g/mol. The number of aromatic nitrogens is 4. The predicted molar refractivity (Wildman–Crippen MR) is 185 cm³/mol. The van der Waals surface area contributed by atoms with Gasteiger partial charge in [-0.2, -0.15) is 17.2 Å². The van der Waals surface area contributed by atoms with Crippen LogP contribution in [0.1, 0.15) is 37.2 Å². The molecule has 0 amide bonds. The first-order valence-corrected chi connectivity index (χ1v) is 15.7. The molecule has 0 aliphatic heterocycles. The summed E-state index contributed by atoms with van der Waals surface area (Å²) >= 11 is 0. The van der Waals surface area contributed by atoms with E-state index in [-0.39, 0.29) is 21.1 Å². The van der Waals surface area contributed by atoms with Crippen molar-refractivity contribution in [1.29, 1.82) is 0 Å². The smallest absolute Gasteiger partial charge is 0.509 e. The van der Waals surface area contributed by atoms with Crippen LogP contribution in [0, 0.1) is 31.9 Å². The molecule has 47 heavy (non-hydrogen) atoms. The molecule has 3 heterocycles. The third-order valence-corrected chi connectivity index (χ3v) is 8.46. The van der Waals surface area contributed by atoms with Crippen molar-refractivity contribution in [2.24, 2.45) is 5.92 Å². The van der Waals surface area contributed by atoms with Crippen molar-refractivity contribution >= 4 is 21.8 Å². The summed E-state index contributed by atoms with van der Waals surface area (Å²) in [5.74, 6) is 3.32. The second-order valence-electron chi connectivity index (χ2n) is 12.1. The number of fused-ring (bicyclic) bond motifs is 3. The number of ether oxygens (including phenoxy) is 2. The van der Waals surface area contributed by atoms with E-state index in [9.17, 15) is 0 Å². The normalized spacial score (nSPS) is 11.3. The van der Waals surface area contributed by atoms with Crippen molar-refractivity contribution in [1.82, 2.24) is 19.3 Å². The zero-order chi connectivity index (χ0) is 31.8. The van der Waals surface area contributed by atoms with E-state index in [1.54, 1.807) is 13.3 Å². The van der Waals surface area contributed by atoms with Crippen molar-refractivity contribution < 1.29 is 30.5 Å². The quantitative estimate of drug-likeness (QED) is 0.137. The van der Waals surface area contributed by atoms with Crippen LogP contribution in [-0.4, -0.2) is 26.4 Å². The van der Waals surface area contributed by atoms with Gasteiger partial charge >= 0.3 is 21.1 Å². The number of hydrogen-bond donors (Lipinski definition) is 0. The van der Waals surface area contributed by atoms with E-state index in [0.29, 0.717) is 17.4 Å². The number of pyridine rings is 1. The average Bonchev–Trinajstić information content (AvgIpc) is 3.56. The summed E-state index contributed by atoms with van der Waals surface area (Å²) in [6.45, 7) is 8.66. The predicted octanol–water partition coefficient (Wildman–Crippen LogP) is 9.64. The number of aryl methyl sites for hydroxylation is 2. The molecule has 3 aromatic heterocycles. The molecule has 7 rings (SSSR count). The third kappa shape index (κ3) is 6.35. The minimum atomic E-state index is 0. The van der Waals surface area contributed by atoms with Gasteiger partial charge < -0.3 is 14.0 Å². The molecule has 0 unspecified atom stereocenters.